The molecule has 1 amide bonds. The van der Waals surface area contributed by atoms with E-state index in [0.29, 0.717) is 22.9 Å². The maximum atomic E-state index is 13.4. The van der Waals surface area contributed by atoms with Gasteiger partial charge in [-0.25, -0.2) is 17.8 Å². The van der Waals surface area contributed by atoms with Crippen LogP contribution in [0.25, 0.3) is 11.3 Å². The first-order valence-corrected chi connectivity index (χ1v) is 12.3. The van der Waals surface area contributed by atoms with Gasteiger partial charge < -0.3 is 0 Å². The normalized spacial score (nSPS) is 17.8. The number of nitrogens with zero attached hydrogens (tertiary/aromatic N) is 2. The molecule has 2 aromatic carbocycles. The molecule has 0 bridgehead atoms. The van der Waals surface area contributed by atoms with Crippen molar-refractivity contribution in [2.45, 2.75) is 20.3 Å². The molecule has 30 heavy (non-hydrogen) atoms. The predicted molar refractivity (Wildman–Crippen MR) is 117 cm³/mol. The number of hydrogen-bond donors (Lipinski definition) is 0. The van der Waals surface area contributed by atoms with E-state index in [1.165, 1.54) is 28.4 Å². The zero-order valence-electron chi connectivity index (χ0n) is 16.6. The van der Waals surface area contributed by atoms with Gasteiger partial charge in [0.25, 0.3) is 0 Å². The molecular weight excluding hydrogens is 423 g/mol. The van der Waals surface area contributed by atoms with Crippen LogP contribution in [0.2, 0.25) is 0 Å². The summed E-state index contributed by atoms with van der Waals surface area (Å²) in [6.45, 7) is 3.90. The molecule has 0 saturated carbocycles. The van der Waals surface area contributed by atoms with Gasteiger partial charge in [-0.05, 0) is 67.8 Å². The van der Waals surface area contributed by atoms with Crippen LogP contribution in [0.1, 0.15) is 17.5 Å². The predicted octanol–water partition coefficient (Wildman–Crippen LogP) is 4.67. The van der Waals surface area contributed by atoms with Crippen LogP contribution >= 0.6 is 11.3 Å². The third-order valence-electron chi connectivity index (χ3n) is 5.09. The van der Waals surface area contributed by atoms with Crippen molar-refractivity contribution in [3.8, 4) is 11.3 Å². The Kier molecular flexibility index (Phi) is 5.46. The molecule has 4 rings (SSSR count). The van der Waals surface area contributed by atoms with Crippen LogP contribution in [0.15, 0.2) is 47.8 Å². The lowest BCUT2D eigenvalue weighted by atomic mass is 10.1. The molecule has 2 heterocycles. The number of aromatic nitrogens is 1. The average molecular weight is 445 g/mol. The first-order valence-electron chi connectivity index (χ1n) is 9.56. The third-order valence-corrected chi connectivity index (χ3v) is 7.68. The minimum atomic E-state index is -3.20. The van der Waals surface area contributed by atoms with E-state index in [1.807, 2.05) is 37.4 Å². The van der Waals surface area contributed by atoms with Gasteiger partial charge in [-0.1, -0.05) is 6.07 Å². The maximum absolute atomic E-state index is 13.4. The van der Waals surface area contributed by atoms with Crippen molar-refractivity contribution in [3.63, 3.8) is 0 Å². The summed E-state index contributed by atoms with van der Waals surface area (Å²) >= 11 is 1.30. The number of aryl methyl sites for hydroxylation is 2. The van der Waals surface area contributed by atoms with Crippen molar-refractivity contribution in [2.24, 2.45) is 5.92 Å². The highest BCUT2D eigenvalue weighted by atomic mass is 32.2. The molecule has 1 atom stereocenters. The Bertz CT molecular complexity index is 1180. The first-order chi connectivity index (χ1) is 14.2. The minimum Gasteiger partial charge on any atom is -0.274 e. The van der Waals surface area contributed by atoms with Crippen molar-refractivity contribution in [3.05, 3.63) is 64.8 Å². The smallest absolute Gasteiger partial charge is 0.237 e. The highest BCUT2D eigenvalue weighted by molar-refractivity contribution is 7.91. The molecule has 3 aromatic rings. The largest absolute Gasteiger partial charge is 0.274 e. The van der Waals surface area contributed by atoms with Crippen molar-refractivity contribution in [1.82, 2.24) is 4.98 Å². The Hall–Kier alpha value is -2.58. The van der Waals surface area contributed by atoms with Gasteiger partial charge >= 0.3 is 0 Å². The van der Waals surface area contributed by atoms with Crippen LogP contribution in [0, 0.1) is 25.6 Å². The Balaban J connectivity index is 1.76. The second-order valence-corrected chi connectivity index (χ2v) is 10.7. The van der Waals surface area contributed by atoms with E-state index >= 15 is 0 Å². The van der Waals surface area contributed by atoms with Crippen LogP contribution < -0.4 is 4.90 Å². The molecule has 1 saturated heterocycles. The van der Waals surface area contributed by atoms with Crippen molar-refractivity contribution >= 4 is 37.9 Å². The van der Waals surface area contributed by atoms with Crippen LogP contribution in [-0.2, 0) is 14.6 Å². The number of hydrogen-bond acceptors (Lipinski definition) is 5. The number of amides is 1. The quantitative estimate of drug-likeness (QED) is 0.587. The molecule has 1 aromatic heterocycles. The highest BCUT2D eigenvalue weighted by Gasteiger charge is 2.37. The van der Waals surface area contributed by atoms with Crippen molar-refractivity contribution in [2.75, 3.05) is 16.4 Å². The van der Waals surface area contributed by atoms with Gasteiger partial charge in [-0.2, -0.15) is 0 Å². The van der Waals surface area contributed by atoms with Gasteiger partial charge in [0.1, 0.15) is 5.82 Å². The Labute approximate surface area is 179 Å². The number of benzene rings is 2. The number of carbonyl (C=O) groups is 1. The molecule has 0 aliphatic carbocycles. The van der Waals surface area contributed by atoms with Gasteiger partial charge in [0.2, 0.25) is 5.91 Å². The molecule has 0 spiro atoms. The summed E-state index contributed by atoms with van der Waals surface area (Å²) in [5.74, 6) is -1.29. The fourth-order valence-electron chi connectivity index (χ4n) is 3.70. The summed E-state index contributed by atoms with van der Waals surface area (Å²) in [6.07, 6.45) is 0.318. The lowest BCUT2D eigenvalue weighted by Crippen LogP contribution is -2.33. The van der Waals surface area contributed by atoms with Crippen molar-refractivity contribution in [1.29, 1.82) is 0 Å². The lowest BCUT2D eigenvalue weighted by molar-refractivity contribution is -0.120. The fraction of sp³-hybridized carbons (Fsp3) is 0.273. The molecule has 0 N–H and O–H groups in total. The van der Waals surface area contributed by atoms with Crippen LogP contribution in [0.4, 0.5) is 15.2 Å². The molecule has 8 heteroatoms. The highest BCUT2D eigenvalue weighted by Crippen LogP contribution is 2.36. The van der Waals surface area contributed by atoms with Gasteiger partial charge in [0.05, 0.1) is 28.8 Å². The van der Waals surface area contributed by atoms with E-state index in [4.69, 9.17) is 0 Å². The topological polar surface area (TPSA) is 67.3 Å². The molecule has 5 nitrogen and oxygen atoms in total. The number of sulfone groups is 1. The SMILES string of the molecule is Cc1cc(C)cc(N(C(=O)C2CCS(=O)(=O)C2)c2nc(-c3ccc(F)cc3)cs2)c1. The molecule has 1 fully saturated rings. The monoisotopic (exact) mass is 444 g/mol. The van der Waals surface area contributed by atoms with Crippen molar-refractivity contribution < 1.29 is 17.6 Å². The Morgan fingerprint density at radius 1 is 1.13 bits per heavy atom. The zero-order valence-corrected chi connectivity index (χ0v) is 18.3. The van der Waals surface area contributed by atoms with Crippen LogP contribution in [0.3, 0.4) is 0 Å². The van der Waals surface area contributed by atoms with Gasteiger partial charge in [0, 0.05) is 10.9 Å². The number of anilines is 2. The van der Waals surface area contributed by atoms with E-state index in [1.54, 1.807) is 12.1 Å². The molecule has 1 unspecified atom stereocenters. The molecule has 1 aliphatic heterocycles. The first kappa shape index (κ1) is 20.7. The summed E-state index contributed by atoms with van der Waals surface area (Å²) in [4.78, 5) is 19.6. The number of rotatable bonds is 4. The summed E-state index contributed by atoms with van der Waals surface area (Å²) in [6, 6.07) is 11.8. The van der Waals surface area contributed by atoms with E-state index in [0.717, 1.165) is 16.7 Å². The second-order valence-electron chi connectivity index (χ2n) is 7.64. The Morgan fingerprint density at radius 2 is 1.80 bits per heavy atom. The van der Waals surface area contributed by atoms with Gasteiger partial charge in [-0.15, -0.1) is 11.3 Å². The minimum absolute atomic E-state index is 0.0305. The molecule has 156 valence electrons. The third kappa shape index (κ3) is 4.29. The number of thiazole rings is 1. The van der Waals surface area contributed by atoms with E-state index in [2.05, 4.69) is 4.98 Å². The van der Waals surface area contributed by atoms with Crippen LogP contribution in [-0.4, -0.2) is 30.8 Å². The fourth-order valence-corrected chi connectivity index (χ4v) is 6.29. The summed E-state index contributed by atoms with van der Waals surface area (Å²) < 4.78 is 37.2. The number of halogens is 1. The van der Waals surface area contributed by atoms with Gasteiger partial charge in [0.15, 0.2) is 15.0 Å². The van der Waals surface area contributed by atoms with E-state index < -0.39 is 15.8 Å². The maximum Gasteiger partial charge on any atom is 0.237 e. The number of carbonyl (C=O) groups excluding carboxylic acids is 1. The Morgan fingerprint density at radius 3 is 2.40 bits per heavy atom. The zero-order chi connectivity index (χ0) is 21.5. The van der Waals surface area contributed by atoms with Crippen LogP contribution in [0.5, 0.6) is 0 Å². The lowest BCUT2D eigenvalue weighted by Gasteiger charge is -2.23. The summed E-state index contributed by atoms with van der Waals surface area (Å²) in [5.41, 5.74) is 4.04. The summed E-state index contributed by atoms with van der Waals surface area (Å²) in [7, 11) is -3.20. The summed E-state index contributed by atoms with van der Waals surface area (Å²) in [5, 5.41) is 2.28. The van der Waals surface area contributed by atoms with Gasteiger partial charge in [-0.3, -0.25) is 9.69 Å². The molecular formula is C22H21FN2O3S2. The van der Waals surface area contributed by atoms with E-state index in [9.17, 15) is 17.6 Å². The second kappa shape index (κ2) is 7.92. The average Bonchev–Trinajstić information content (AvgIpc) is 3.28. The molecule has 0 radical (unpaired) electrons. The standard InChI is InChI=1S/C22H21FN2O3S2/c1-14-9-15(2)11-19(10-14)25(21(26)17-7-8-30(27,28)13-17)22-24-20(12-29-22)16-3-5-18(23)6-4-16/h3-6,9-12,17H,7-8,13H2,1-2H3. The van der Waals surface area contributed by atoms with E-state index in [-0.39, 0.29) is 23.2 Å². The molecule has 1 aliphatic rings.